The SMILES string of the molecule is COc1cc(N=Nc2ccc(N=Nc3ccc(O)cc3)cc2)c(N=Nc2c(N)ccc3cc(S(=O)(=O)O)cc(O)c23)cc1C. The lowest BCUT2D eigenvalue weighted by Crippen LogP contribution is -1.98. The molecule has 0 aliphatic carbocycles. The van der Waals surface area contributed by atoms with Crippen LogP contribution in [0.1, 0.15) is 5.56 Å². The summed E-state index contributed by atoms with van der Waals surface area (Å²) in [5, 5.41) is 46.0. The van der Waals surface area contributed by atoms with Gasteiger partial charge in [0.2, 0.25) is 0 Å². The Morgan fingerprint density at radius 2 is 1.25 bits per heavy atom. The third kappa shape index (κ3) is 6.67. The van der Waals surface area contributed by atoms with Gasteiger partial charge in [-0.05, 0) is 84.6 Å². The molecule has 5 rings (SSSR count). The van der Waals surface area contributed by atoms with Gasteiger partial charge in [0.15, 0.2) is 0 Å². The number of ether oxygens (including phenoxy) is 1. The molecule has 0 aliphatic heterocycles. The summed E-state index contributed by atoms with van der Waals surface area (Å²) < 4.78 is 38.1. The number of nitrogens with zero attached hydrogens (tertiary/aromatic N) is 6. The molecule has 0 amide bonds. The highest BCUT2D eigenvalue weighted by Gasteiger charge is 2.17. The van der Waals surface area contributed by atoms with Crippen LogP contribution in [-0.4, -0.2) is 30.3 Å². The van der Waals surface area contributed by atoms with Crippen molar-refractivity contribution in [3.8, 4) is 17.2 Å². The van der Waals surface area contributed by atoms with E-state index in [1.807, 2.05) is 6.92 Å². The van der Waals surface area contributed by atoms with E-state index in [-0.39, 0.29) is 27.9 Å². The second kappa shape index (κ2) is 12.2. The van der Waals surface area contributed by atoms with E-state index in [9.17, 15) is 23.2 Å². The van der Waals surface area contributed by atoms with Gasteiger partial charge in [-0.3, -0.25) is 4.55 Å². The van der Waals surface area contributed by atoms with Gasteiger partial charge in [-0.15, -0.1) is 15.3 Å². The predicted octanol–water partition coefficient (Wildman–Crippen LogP) is 8.64. The van der Waals surface area contributed by atoms with Gasteiger partial charge in [-0.25, -0.2) is 0 Å². The Balaban J connectivity index is 1.46. The zero-order valence-electron chi connectivity index (χ0n) is 23.3. The largest absolute Gasteiger partial charge is 0.508 e. The van der Waals surface area contributed by atoms with E-state index in [4.69, 9.17) is 10.5 Å². The minimum atomic E-state index is -4.56. The highest BCUT2D eigenvalue weighted by molar-refractivity contribution is 7.85. The van der Waals surface area contributed by atoms with Gasteiger partial charge in [-0.2, -0.15) is 23.8 Å². The van der Waals surface area contributed by atoms with E-state index < -0.39 is 20.8 Å². The van der Waals surface area contributed by atoms with Crippen LogP contribution in [0.15, 0.2) is 121 Å². The van der Waals surface area contributed by atoms with Gasteiger partial charge in [-0.1, -0.05) is 6.07 Å². The van der Waals surface area contributed by atoms with Gasteiger partial charge in [0.05, 0.1) is 40.1 Å². The summed E-state index contributed by atoms with van der Waals surface area (Å²) in [6.07, 6.45) is 0. The first kappa shape index (κ1) is 29.8. The number of benzene rings is 5. The minimum Gasteiger partial charge on any atom is -0.508 e. The number of fused-ring (bicyclic) bond motifs is 1. The van der Waals surface area contributed by atoms with E-state index in [0.29, 0.717) is 34.2 Å². The molecule has 0 aromatic heterocycles. The molecule has 0 fully saturated rings. The van der Waals surface area contributed by atoms with Crippen molar-refractivity contribution in [1.82, 2.24) is 0 Å². The van der Waals surface area contributed by atoms with Crippen LogP contribution < -0.4 is 10.5 Å². The molecule has 13 nitrogen and oxygen atoms in total. The number of phenols is 2. The standard InChI is InChI=1S/C30H25N7O6S/c1-17-13-25(36-37-30-24(31)12-3-18-14-23(44(40,41)42)15-27(39)29(18)30)26(16-28(17)43-2)35-34-20-6-4-19(5-7-20)32-33-21-8-10-22(38)11-9-21/h3-16,38-39H,31H2,1-2H3,(H,40,41,42). The topological polar surface area (TPSA) is 204 Å². The summed E-state index contributed by atoms with van der Waals surface area (Å²) >= 11 is 0. The number of anilines is 1. The zero-order valence-corrected chi connectivity index (χ0v) is 24.1. The quantitative estimate of drug-likeness (QED) is 0.0762. The predicted molar refractivity (Wildman–Crippen MR) is 165 cm³/mol. The van der Waals surface area contributed by atoms with E-state index in [1.54, 1.807) is 48.5 Å². The summed E-state index contributed by atoms with van der Waals surface area (Å²) in [6.45, 7) is 1.82. The number of hydrogen-bond acceptors (Lipinski definition) is 12. The van der Waals surface area contributed by atoms with Crippen LogP contribution >= 0.6 is 0 Å². The fourth-order valence-corrected chi connectivity index (χ4v) is 4.69. The lowest BCUT2D eigenvalue weighted by atomic mass is 10.1. The Morgan fingerprint density at radius 1 is 0.705 bits per heavy atom. The number of azo groups is 3. The maximum absolute atomic E-state index is 11.6. The monoisotopic (exact) mass is 611 g/mol. The van der Waals surface area contributed by atoms with Crippen molar-refractivity contribution in [2.75, 3.05) is 12.8 Å². The first-order valence-corrected chi connectivity index (χ1v) is 14.3. The molecule has 44 heavy (non-hydrogen) atoms. The van der Waals surface area contributed by atoms with Crippen LogP contribution in [0.25, 0.3) is 10.8 Å². The van der Waals surface area contributed by atoms with Crippen LogP contribution in [0.2, 0.25) is 0 Å². The van der Waals surface area contributed by atoms with Gasteiger partial charge in [0.1, 0.15) is 34.3 Å². The van der Waals surface area contributed by atoms with E-state index in [2.05, 4.69) is 30.7 Å². The number of hydrogen-bond donors (Lipinski definition) is 4. The first-order valence-electron chi connectivity index (χ1n) is 12.9. The molecule has 0 bridgehead atoms. The van der Waals surface area contributed by atoms with Gasteiger partial charge >= 0.3 is 0 Å². The molecule has 222 valence electrons. The van der Waals surface area contributed by atoms with Crippen LogP contribution in [0.3, 0.4) is 0 Å². The number of nitrogen functional groups attached to an aromatic ring is 1. The summed E-state index contributed by atoms with van der Waals surface area (Å²) in [4.78, 5) is -0.475. The Kier molecular flexibility index (Phi) is 8.28. The van der Waals surface area contributed by atoms with Crippen molar-refractivity contribution in [2.45, 2.75) is 11.8 Å². The number of methoxy groups -OCH3 is 1. The van der Waals surface area contributed by atoms with Crippen LogP contribution in [0.4, 0.5) is 39.8 Å². The van der Waals surface area contributed by atoms with E-state index in [0.717, 1.165) is 11.6 Å². The van der Waals surface area contributed by atoms with Gasteiger partial charge in [0.25, 0.3) is 10.1 Å². The fourth-order valence-electron chi connectivity index (χ4n) is 4.15. The third-order valence-corrected chi connectivity index (χ3v) is 7.21. The second-order valence-electron chi connectivity index (χ2n) is 9.46. The van der Waals surface area contributed by atoms with E-state index in [1.165, 1.54) is 37.4 Å². The molecular weight excluding hydrogens is 586 g/mol. The summed E-state index contributed by atoms with van der Waals surface area (Å²) in [5.41, 5.74) is 9.49. The molecule has 0 saturated carbocycles. The van der Waals surface area contributed by atoms with Crippen molar-refractivity contribution in [2.24, 2.45) is 30.7 Å². The first-order chi connectivity index (χ1) is 21.0. The molecule has 5 aromatic rings. The number of nitrogens with two attached hydrogens (primary N) is 1. The highest BCUT2D eigenvalue weighted by atomic mass is 32.2. The van der Waals surface area contributed by atoms with Crippen molar-refractivity contribution >= 4 is 60.7 Å². The number of aromatic hydroxyl groups is 2. The van der Waals surface area contributed by atoms with Crippen molar-refractivity contribution in [1.29, 1.82) is 0 Å². The normalized spacial score (nSPS) is 12.2. The average Bonchev–Trinajstić information content (AvgIpc) is 3.00. The fraction of sp³-hybridized carbons (Fsp3) is 0.0667. The molecule has 5 aromatic carbocycles. The summed E-state index contributed by atoms with van der Waals surface area (Å²) in [6, 6.07) is 21.6. The molecule has 0 spiro atoms. The zero-order chi connectivity index (χ0) is 31.4. The number of phenolic OH excluding ortho intramolecular Hbond substituents is 2. The van der Waals surface area contributed by atoms with Crippen LogP contribution in [0, 0.1) is 6.92 Å². The van der Waals surface area contributed by atoms with Crippen molar-refractivity contribution in [3.63, 3.8) is 0 Å². The lowest BCUT2D eigenvalue weighted by Gasteiger charge is -2.10. The number of rotatable bonds is 8. The van der Waals surface area contributed by atoms with Crippen molar-refractivity contribution in [3.05, 3.63) is 90.5 Å². The molecule has 0 atom stereocenters. The Morgan fingerprint density at radius 3 is 1.84 bits per heavy atom. The molecule has 0 saturated heterocycles. The molecule has 5 N–H and O–H groups in total. The Bertz CT molecular complexity index is 2060. The maximum Gasteiger partial charge on any atom is 0.294 e. The van der Waals surface area contributed by atoms with Crippen LogP contribution in [-0.2, 0) is 10.1 Å². The summed E-state index contributed by atoms with van der Waals surface area (Å²) in [7, 11) is -3.03. The molecule has 0 heterocycles. The number of aryl methyl sites for hydroxylation is 1. The molecule has 0 radical (unpaired) electrons. The molecule has 0 aliphatic rings. The smallest absolute Gasteiger partial charge is 0.294 e. The highest BCUT2D eigenvalue weighted by Crippen LogP contribution is 2.42. The lowest BCUT2D eigenvalue weighted by molar-refractivity contribution is 0.412. The summed E-state index contributed by atoms with van der Waals surface area (Å²) in [5.74, 6) is 0.236. The second-order valence-corrected chi connectivity index (χ2v) is 10.9. The van der Waals surface area contributed by atoms with E-state index >= 15 is 0 Å². The van der Waals surface area contributed by atoms with Crippen molar-refractivity contribution < 1.29 is 27.9 Å². The van der Waals surface area contributed by atoms with Gasteiger partial charge < -0.3 is 20.7 Å². The molecule has 0 unspecified atom stereocenters. The molecule has 14 heteroatoms. The third-order valence-electron chi connectivity index (χ3n) is 6.38. The maximum atomic E-state index is 11.6. The van der Waals surface area contributed by atoms with Crippen LogP contribution in [0.5, 0.6) is 17.2 Å². The minimum absolute atomic E-state index is 0.0929. The average molecular weight is 612 g/mol. The van der Waals surface area contributed by atoms with Gasteiger partial charge in [0, 0.05) is 12.1 Å². The molecular formula is C30H25N7O6S. The Labute approximate surface area is 251 Å². The Hall–Kier alpha value is -5.73.